The van der Waals surface area contributed by atoms with Gasteiger partial charge in [-0.05, 0) is 28.5 Å². The van der Waals surface area contributed by atoms with E-state index in [1.807, 2.05) is 60.7 Å². The SMILES string of the molecule is NNC(=O)c1cc2ccccc2cc1OCc1ccccc1. The lowest BCUT2D eigenvalue weighted by Gasteiger charge is -2.12. The molecule has 4 heteroatoms. The van der Waals surface area contributed by atoms with Crippen molar-refractivity contribution in [2.24, 2.45) is 5.84 Å². The van der Waals surface area contributed by atoms with Crippen LogP contribution in [0.5, 0.6) is 5.75 Å². The molecule has 3 N–H and O–H groups in total. The molecule has 0 heterocycles. The second-order valence-corrected chi connectivity index (χ2v) is 4.94. The fourth-order valence-electron chi connectivity index (χ4n) is 2.33. The van der Waals surface area contributed by atoms with Gasteiger partial charge < -0.3 is 4.74 Å². The second-order valence-electron chi connectivity index (χ2n) is 4.94. The molecule has 110 valence electrons. The zero-order valence-corrected chi connectivity index (χ0v) is 12.0. The number of benzene rings is 3. The summed E-state index contributed by atoms with van der Waals surface area (Å²) in [6.45, 7) is 0.393. The molecular weight excluding hydrogens is 276 g/mol. The number of hydrogen-bond acceptors (Lipinski definition) is 3. The average molecular weight is 292 g/mol. The maximum Gasteiger partial charge on any atom is 0.268 e. The van der Waals surface area contributed by atoms with Crippen molar-refractivity contribution in [2.75, 3.05) is 0 Å². The van der Waals surface area contributed by atoms with E-state index in [1.54, 1.807) is 6.07 Å². The number of rotatable bonds is 4. The largest absolute Gasteiger partial charge is 0.488 e. The van der Waals surface area contributed by atoms with Gasteiger partial charge >= 0.3 is 0 Å². The molecule has 0 aliphatic carbocycles. The van der Waals surface area contributed by atoms with Crippen LogP contribution < -0.4 is 16.0 Å². The van der Waals surface area contributed by atoms with E-state index in [9.17, 15) is 4.79 Å². The highest BCUT2D eigenvalue weighted by molar-refractivity contribution is 6.01. The summed E-state index contributed by atoms with van der Waals surface area (Å²) >= 11 is 0. The van der Waals surface area contributed by atoms with Crippen LogP contribution in [0.1, 0.15) is 15.9 Å². The fourth-order valence-corrected chi connectivity index (χ4v) is 2.33. The number of nitrogens with two attached hydrogens (primary N) is 1. The van der Waals surface area contributed by atoms with Gasteiger partial charge in [-0.25, -0.2) is 5.84 Å². The van der Waals surface area contributed by atoms with Crippen LogP contribution in [0, 0.1) is 0 Å². The zero-order chi connectivity index (χ0) is 15.4. The maximum absolute atomic E-state index is 12.0. The first-order chi connectivity index (χ1) is 10.8. The highest BCUT2D eigenvalue weighted by atomic mass is 16.5. The summed E-state index contributed by atoms with van der Waals surface area (Å²) in [5.74, 6) is 5.42. The van der Waals surface area contributed by atoms with Crippen LogP contribution in [0.3, 0.4) is 0 Å². The van der Waals surface area contributed by atoms with Crippen molar-refractivity contribution in [3.05, 3.63) is 77.9 Å². The van der Waals surface area contributed by atoms with E-state index in [0.717, 1.165) is 16.3 Å². The van der Waals surface area contributed by atoms with Crippen LogP contribution in [0.25, 0.3) is 10.8 Å². The summed E-state index contributed by atoms with van der Waals surface area (Å²) in [6, 6.07) is 21.3. The normalized spacial score (nSPS) is 10.4. The smallest absolute Gasteiger partial charge is 0.268 e. The minimum atomic E-state index is -0.367. The van der Waals surface area contributed by atoms with Crippen molar-refractivity contribution >= 4 is 16.7 Å². The summed E-state index contributed by atoms with van der Waals surface area (Å²) in [5.41, 5.74) is 3.63. The van der Waals surface area contributed by atoms with Gasteiger partial charge in [0.1, 0.15) is 12.4 Å². The molecule has 3 aromatic rings. The Labute approximate surface area is 128 Å². The lowest BCUT2D eigenvalue weighted by atomic mass is 10.1. The molecule has 1 amide bonds. The van der Waals surface area contributed by atoms with Crippen molar-refractivity contribution < 1.29 is 9.53 Å². The lowest BCUT2D eigenvalue weighted by molar-refractivity contribution is 0.0949. The van der Waals surface area contributed by atoms with Gasteiger partial charge in [0.25, 0.3) is 5.91 Å². The summed E-state index contributed by atoms with van der Waals surface area (Å²) in [6.07, 6.45) is 0. The Morgan fingerprint density at radius 3 is 2.27 bits per heavy atom. The Hall–Kier alpha value is -2.85. The molecular formula is C18H16N2O2. The van der Waals surface area contributed by atoms with E-state index in [1.165, 1.54) is 0 Å². The Morgan fingerprint density at radius 2 is 1.59 bits per heavy atom. The van der Waals surface area contributed by atoms with E-state index in [0.29, 0.717) is 17.9 Å². The average Bonchev–Trinajstić information content (AvgIpc) is 2.59. The summed E-state index contributed by atoms with van der Waals surface area (Å²) in [5, 5.41) is 1.98. The molecule has 0 bridgehead atoms. The van der Waals surface area contributed by atoms with Crippen molar-refractivity contribution in [1.82, 2.24) is 5.43 Å². The van der Waals surface area contributed by atoms with Crippen molar-refractivity contribution in [2.45, 2.75) is 6.61 Å². The van der Waals surface area contributed by atoms with E-state index < -0.39 is 0 Å². The van der Waals surface area contributed by atoms with Crippen LogP contribution >= 0.6 is 0 Å². The maximum atomic E-state index is 12.0. The predicted octanol–water partition coefficient (Wildman–Crippen LogP) is 3.02. The number of fused-ring (bicyclic) bond motifs is 1. The molecule has 0 aromatic heterocycles. The number of carbonyl (C=O) groups excluding carboxylic acids is 1. The molecule has 0 saturated carbocycles. The third-order valence-electron chi connectivity index (χ3n) is 3.46. The number of ether oxygens (including phenoxy) is 1. The van der Waals surface area contributed by atoms with Crippen LogP contribution in [0.4, 0.5) is 0 Å². The Kier molecular flexibility index (Phi) is 4.03. The molecule has 0 atom stereocenters. The minimum Gasteiger partial charge on any atom is -0.488 e. The van der Waals surface area contributed by atoms with Gasteiger partial charge in [-0.15, -0.1) is 0 Å². The molecule has 3 aromatic carbocycles. The zero-order valence-electron chi connectivity index (χ0n) is 12.0. The highest BCUT2D eigenvalue weighted by Crippen LogP contribution is 2.26. The van der Waals surface area contributed by atoms with Crippen molar-refractivity contribution in [1.29, 1.82) is 0 Å². The predicted molar refractivity (Wildman–Crippen MR) is 86.4 cm³/mol. The molecule has 0 aliphatic rings. The number of nitrogen functional groups attached to an aromatic ring is 1. The summed E-state index contributed by atoms with van der Waals surface area (Å²) < 4.78 is 5.84. The number of hydrogen-bond donors (Lipinski definition) is 2. The fraction of sp³-hybridized carbons (Fsp3) is 0.0556. The van der Waals surface area contributed by atoms with Gasteiger partial charge in [-0.1, -0.05) is 54.6 Å². The summed E-state index contributed by atoms with van der Waals surface area (Å²) in [7, 11) is 0. The minimum absolute atomic E-state index is 0.367. The Morgan fingerprint density at radius 1 is 0.955 bits per heavy atom. The van der Waals surface area contributed by atoms with Crippen LogP contribution in [-0.4, -0.2) is 5.91 Å². The van der Waals surface area contributed by atoms with Gasteiger partial charge in [0.2, 0.25) is 0 Å². The first kappa shape index (κ1) is 14.1. The van der Waals surface area contributed by atoms with Crippen molar-refractivity contribution in [3.8, 4) is 5.75 Å². The molecule has 0 spiro atoms. The Balaban J connectivity index is 1.97. The third kappa shape index (κ3) is 2.92. The monoisotopic (exact) mass is 292 g/mol. The van der Waals surface area contributed by atoms with E-state index in [4.69, 9.17) is 10.6 Å². The first-order valence-electron chi connectivity index (χ1n) is 6.98. The van der Waals surface area contributed by atoms with Crippen LogP contribution in [-0.2, 0) is 6.61 Å². The molecule has 0 aliphatic heterocycles. The molecule has 0 radical (unpaired) electrons. The van der Waals surface area contributed by atoms with Gasteiger partial charge in [-0.3, -0.25) is 10.2 Å². The summed E-state index contributed by atoms with van der Waals surface area (Å²) in [4.78, 5) is 12.0. The number of amides is 1. The lowest BCUT2D eigenvalue weighted by Crippen LogP contribution is -2.30. The topological polar surface area (TPSA) is 64.3 Å². The number of hydrazine groups is 1. The van der Waals surface area contributed by atoms with Crippen LogP contribution in [0.2, 0.25) is 0 Å². The van der Waals surface area contributed by atoms with Crippen molar-refractivity contribution in [3.63, 3.8) is 0 Å². The second kappa shape index (κ2) is 6.28. The first-order valence-corrected chi connectivity index (χ1v) is 6.98. The molecule has 0 fully saturated rings. The van der Waals surface area contributed by atoms with Gasteiger partial charge in [-0.2, -0.15) is 0 Å². The number of carbonyl (C=O) groups is 1. The van der Waals surface area contributed by atoms with Gasteiger partial charge in [0.15, 0.2) is 0 Å². The molecule has 3 rings (SSSR count). The number of nitrogens with one attached hydrogen (secondary N) is 1. The molecule has 22 heavy (non-hydrogen) atoms. The van der Waals surface area contributed by atoms with E-state index in [2.05, 4.69) is 5.43 Å². The quantitative estimate of drug-likeness (QED) is 0.441. The standard InChI is InChI=1S/C18H16N2O2/c19-20-18(21)16-10-14-8-4-5-9-15(14)11-17(16)22-12-13-6-2-1-3-7-13/h1-11H,12,19H2,(H,20,21). The van der Waals surface area contributed by atoms with Gasteiger partial charge in [0.05, 0.1) is 5.56 Å². The third-order valence-corrected chi connectivity index (χ3v) is 3.46. The molecule has 0 saturated heterocycles. The van der Waals surface area contributed by atoms with Crippen LogP contribution in [0.15, 0.2) is 66.7 Å². The van der Waals surface area contributed by atoms with E-state index >= 15 is 0 Å². The van der Waals surface area contributed by atoms with Gasteiger partial charge in [0, 0.05) is 0 Å². The molecule has 0 unspecified atom stereocenters. The Bertz CT molecular complexity index is 801. The highest BCUT2D eigenvalue weighted by Gasteiger charge is 2.13. The molecule has 4 nitrogen and oxygen atoms in total. The van der Waals surface area contributed by atoms with E-state index in [-0.39, 0.29) is 5.91 Å².